The molecule has 1 heterocycles. The molecule has 21 heavy (non-hydrogen) atoms. The van der Waals surface area contributed by atoms with E-state index in [1.165, 1.54) is 12.1 Å². The van der Waals surface area contributed by atoms with E-state index in [1.807, 2.05) is 37.3 Å². The molecule has 0 atom stereocenters. The van der Waals surface area contributed by atoms with E-state index in [2.05, 4.69) is 15.5 Å². The maximum Gasteiger partial charge on any atom is 0.247 e. The smallest absolute Gasteiger partial charge is 0.247 e. The number of nitrogens with zero attached hydrogens (tertiary/aromatic N) is 2. The fourth-order valence-electron chi connectivity index (χ4n) is 1.98. The third-order valence-corrected chi connectivity index (χ3v) is 3.12. The molecule has 0 spiro atoms. The van der Waals surface area contributed by atoms with Crippen LogP contribution in [0.2, 0.25) is 0 Å². The van der Waals surface area contributed by atoms with Crippen molar-refractivity contribution in [2.24, 2.45) is 0 Å². The van der Waals surface area contributed by atoms with Gasteiger partial charge in [0, 0.05) is 11.3 Å². The van der Waals surface area contributed by atoms with Crippen molar-refractivity contribution >= 4 is 5.69 Å². The highest BCUT2D eigenvalue weighted by Gasteiger charge is 2.08. The van der Waals surface area contributed by atoms with Crippen molar-refractivity contribution in [2.75, 3.05) is 5.32 Å². The van der Waals surface area contributed by atoms with Crippen molar-refractivity contribution in [1.82, 2.24) is 10.2 Å². The predicted octanol–water partition coefficient (Wildman–Crippen LogP) is 3.80. The average Bonchev–Trinajstić information content (AvgIpc) is 2.98. The fraction of sp³-hybridized carbons (Fsp3) is 0.125. The minimum Gasteiger partial charge on any atom is -0.419 e. The number of aryl methyl sites for hydroxylation is 1. The van der Waals surface area contributed by atoms with E-state index in [9.17, 15) is 4.39 Å². The average molecular weight is 283 g/mol. The third-order valence-electron chi connectivity index (χ3n) is 3.12. The lowest BCUT2D eigenvalue weighted by Gasteiger charge is -2.07. The van der Waals surface area contributed by atoms with Gasteiger partial charge in [0.2, 0.25) is 11.8 Å². The summed E-state index contributed by atoms with van der Waals surface area (Å²) in [6, 6.07) is 14.2. The van der Waals surface area contributed by atoms with Crippen molar-refractivity contribution in [3.63, 3.8) is 0 Å². The van der Waals surface area contributed by atoms with Crippen LogP contribution >= 0.6 is 0 Å². The maximum absolute atomic E-state index is 13.2. The van der Waals surface area contributed by atoms with Crippen LogP contribution in [0, 0.1) is 12.7 Å². The number of halogens is 1. The molecular formula is C16H14FN3O. The summed E-state index contributed by atoms with van der Waals surface area (Å²) in [5, 5.41) is 11.1. The first kappa shape index (κ1) is 13.3. The first-order valence-electron chi connectivity index (χ1n) is 6.60. The van der Waals surface area contributed by atoms with Crippen LogP contribution in [0.1, 0.15) is 11.5 Å². The monoisotopic (exact) mass is 283 g/mol. The minimum atomic E-state index is -0.279. The van der Waals surface area contributed by atoms with E-state index >= 15 is 0 Å². The van der Waals surface area contributed by atoms with Gasteiger partial charge in [0.05, 0.1) is 6.54 Å². The zero-order chi connectivity index (χ0) is 14.7. The molecule has 0 aliphatic carbocycles. The molecule has 0 saturated carbocycles. The van der Waals surface area contributed by atoms with Crippen LogP contribution in [0.15, 0.2) is 52.9 Å². The fourth-order valence-corrected chi connectivity index (χ4v) is 1.98. The summed E-state index contributed by atoms with van der Waals surface area (Å²) in [6.07, 6.45) is 0. The molecule has 0 bridgehead atoms. The van der Waals surface area contributed by atoms with Crippen LogP contribution < -0.4 is 5.32 Å². The Morgan fingerprint density at radius 2 is 1.90 bits per heavy atom. The highest BCUT2D eigenvalue weighted by atomic mass is 19.1. The Morgan fingerprint density at radius 1 is 1.10 bits per heavy atom. The number of anilines is 1. The van der Waals surface area contributed by atoms with Crippen molar-refractivity contribution < 1.29 is 8.81 Å². The lowest BCUT2D eigenvalue weighted by molar-refractivity contribution is 0.515. The van der Waals surface area contributed by atoms with Gasteiger partial charge in [-0.1, -0.05) is 24.3 Å². The molecule has 0 fully saturated rings. The number of hydrogen-bond acceptors (Lipinski definition) is 4. The van der Waals surface area contributed by atoms with Crippen molar-refractivity contribution in [2.45, 2.75) is 13.5 Å². The molecule has 0 unspecified atom stereocenters. The van der Waals surface area contributed by atoms with Gasteiger partial charge < -0.3 is 9.73 Å². The standard InChI is InChI=1S/C16H14FN3O/c1-11-7-8-13(17)9-14(11)18-10-15-19-20-16(21-15)12-5-3-2-4-6-12/h2-9,18H,10H2,1H3. The van der Waals surface area contributed by atoms with Gasteiger partial charge in [-0.3, -0.25) is 0 Å². The van der Waals surface area contributed by atoms with Gasteiger partial charge >= 0.3 is 0 Å². The lowest BCUT2D eigenvalue weighted by Crippen LogP contribution is -2.01. The summed E-state index contributed by atoms with van der Waals surface area (Å²) in [6.45, 7) is 2.26. The predicted molar refractivity (Wildman–Crippen MR) is 78.2 cm³/mol. The summed E-state index contributed by atoms with van der Waals surface area (Å²) in [7, 11) is 0. The quantitative estimate of drug-likeness (QED) is 0.791. The van der Waals surface area contributed by atoms with E-state index in [1.54, 1.807) is 6.07 Å². The lowest BCUT2D eigenvalue weighted by atomic mass is 10.2. The van der Waals surface area contributed by atoms with Crippen LogP contribution in [0.3, 0.4) is 0 Å². The number of nitrogens with one attached hydrogen (secondary N) is 1. The zero-order valence-corrected chi connectivity index (χ0v) is 11.5. The molecule has 106 valence electrons. The Morgan fingerprint density at radius 3 is 2.71 bits per heavy atom. The van der Waals surface area contributed by atoms with Gasteiger partial charge in [0.1, 0.15) is 5.82 Å². The number of benzene rings is 2. The highest BCUT2D eigenvalue weighted by Crippen LogP contribution is 2.19. The Kier molecular flexibility index (Phi) is 3.64. The maximum atomic E-state index is 13.2. The molecule has 0 saturated heterocycles. The molecule has 0 amide bonds. The number of hydrogen-bond donors (Lipinski definition) is 1. The number of aromatic nitrogens is 2. The SMILES string of the molecule is Cc1ccc(F)cc1NCc1nnc(-c2ccccc2)o1. The van der Waals surface area contributed by atoms with Crippen LogP contribution in [-0.4, -0.2) is 10.2 Å². The van der Waals surface area contributed by atoms with Gasteiger partial charge in [-0.15, -0.1) is 10.2 Å². The van der Waals surface area contributed by atoms with Crippen molar-refractivity contribution in [3.05, 3.63) is 65.8 Å². The van der Waals surface area contributed by atoms with E-state index in [0.717, 1.165) is 16.8 Å². The normalized spacial score (nSPS) is 10.6. The van der Waals surface area contributed by atoms with Crippen molar-refractivity contribution in [3.8, 4) is 11.5 Å². The van der Waals surface area contributed by atoms with E-state index in [0.29, 0.717) is 18.3 Å². The molecule has 3 rings (SSSR count). The van der Waals surface area contributed by atoms with Gasteiger partial charge in [-0.2, -0.15) is 0 Å². The Hall–Kier alpha value is -2.69. The van der Waals surface area contributed by atoms with Crippen LogP contribution in [-0.2, 0) is 6.54 Å². The van der Waals surface area contributed by atoms with Crippen LogP contribution in [0.5, 0.6) is 0 Å². The molecule has 0 radical (unpaired) electrons. The number of rotatable bonds is 4. The van der Waals surface area contributed by atoms with Gasteiger partial charge in [0.25, 0.3) is 0 Å². The van der Waals surface area contributed by atoms with Gasteiger partial charge in [-0.25, -0.2) is 4.39 Å². The summed E-state index contributed by atoms with van der Waals surface area (Å²) < 4.78 is 18.8. The molecule has 2 aromatic carbocycles. The Bertz CT molecular complexity index is 740. The molecular weight excluding hydrogens is 269 g/mol. The van der Waals surface area contributed by atoms with Crippen LogP contribution in [0.25, 0.3) is 11.5 Å². The third kappa shape index (κ3) is 3.08. The van der Waals surface area contributed by atoms with Crippen molar-refractivity contribution in [1.29, 1.82) is 0 Å². The second-order valence-electron chi connectivity index (χ2n) is 4.68. The first-order chi connectivity index (χ1) is 10.2. The topological polar surface area (TPSA) is 51.0 Å². The largest absolute Gasteiger partial charge is 0.419 e. The molecule has 0 aliphatic rings. The van der Waals surface area contributed by atoms with Crippen LogP contribution in [0.4, 0.5) is 10.1 Å². The molecule has 1 aromatic heterocycles. The highest BCUT2D eigenvalue weighted by molar-refractivity contribution is 5.52. The Labute approximate surface area is 121 Å². The minimum absolute atomic E-state index is 0.279. The summed E-state index contributed by atoms with van der Waals surface area (Å²) in [5.74, 6) is 0.652. The second-order valence-corrected chi connectivity index (χ2v) is 4.68. The molecule has 5 heteroatoms. The van der Waals surface area contributed by atoms with E-state index in [4.69, 9.17) is 4.42 Å². The Balaban J connectivity index is 1.72. The summed E-state index contributed by atoms with van der Waals surface area (Å²) in [4.78, 5) is 0. The summed E-state index contributed by atoms with van der Waals surface area (Å²) in [5.41, 5.74) is 2.55. The second kappa shape index (κ2) is 5.75. The first-order valence-corrected chi connectivity index (χ1v) is 6.60. The van der Waals surface area contributed by atoms with E-state index in [-0.39, 0.29) is 5.82 Å². The molecule has 1 N–H and O–H groups in total. The van der Waals surface area contributed by atoms with Gasteiger partial charge in [-0.05, 0) is 36.8 Å². The molecule has 3 aromatic rings. The molecule has 4 nitrogen and oxygen atoms in total. The zero-order valence-electron chi connectivity index (χ0n) is 11.5. The molecule has 0 aliphatic heterocycles. The summed E-state index contributed by atoms with van der Waals surface area (Å²) >= 11 is 0. The van der Waals surface area contributed by atoms with Gasteiger partial charge in [0.15, 0.2) is 0 Å². The van der Waals surface area contributed by atoms with E-state index < -0.39 is 0 Å².